The molecule has 1 fully saturated rings. The molecule has 0 amide bonds. The van der Waals surface area contributed by atoms with Crippen molar-refractivity contribution >= 4 is 0 Å². The first-order valence-electron chi connectivity index (χ1n) is 5.45. The fourth-order valence-electron chi connectivity index (χ4n) is 1.82. The van der Waals surface area contributed by atoms with Crippen molar-refractivity contribution in [2.24, 2.45) is 0 Å². The molecule has 86 valence electrons. The first-order valence-corrected chi connectivity index (χ1v) is 5.45. The van der Waals surface area contributed by atoms with Crippen LogP contribution in [0.2, 0.25) is 0 Å². The molecule has 1 aliphatic heterocycles. The minimum absolute atomic E-state index is 0.196. The second-order valence-corrected chi connectivity index (χ2v) is 4.46. The lowest BCUT2D eigenvalue weighted by atomic mass is 9.93. The van der Waals surface area contributed by atoms with Crippen LogP contribution < -0.4 is 0 Å². The number of aliphatic hydroxyl groups is 1. The largest absolute Gasteiger partial charge is 0.388 e. The van der Waals surface area contributed by atoms with Gasteiger partial charge in [0.15, 0.2) is 0 Å². The molecule has 1 N–H and O–H groups in total. The molecule has 0 bridgehead atoms. The van der Waals surface area contributed by atoms with E-state index < -0.39 is 5.60 Å². The van der Waals surface area contributed by atoms with E-state index in [1.165, 1.54) is 0 Å². The number of hydrogen-bond acceptors (Lipinski definition) is 4. The molecular weight excluding hydrogens is 192 g/mol. The molecular formula is C11H20N2O2. The molecule has 0 radical (unpaired) electrons. The van der Waals surface area contributed by atoms with Crippen LogP contribution >= 0.6 is 0 Å². The number of nitriles is 1. The number of nitrogens with zero attached hydrogens (tertiary/aromatic N) is 2. The fourth-order valence-corrected chi connectivity index (χ4v) is 1.82. The average Bonchev–Trinajstić information content (AvgIpc) is 2.18. The number of rotatable bonds is 4. The summed E-state index contributed by atoms with van der Waals surface area (Å²) in [4.78, 5) is 2.05. The first-order chi connectivity index (χ1) is 7.07. The Labute approximate surface area is 91.4 Å². The summed E-state index contributed by atoms with van der Waals surface area (Å²) >= 11 is 0. The van der Waals surface area contributed by atoms with Crippen molar-refractivity contribution in [1.82, 2.24) is 4.90 Å². The van der Waals surface area contributed by atoms with Gasteiger partial charge in [0.1, 0.15) is 0 Å². The van der Waals surface area contributed by atoms with Gasteiger partial charge in [-0.2, -0.15) is 5.26 Å². The molecule has 4 nitrogen and oxygen atoms in total. The van der Waals surface area contributed by atoms with Crippen LogP contribution in [0.4, 0.5) is 0 Å². The van der Waals surface area contributed by atoms with E-state index in [9.17, 15) is 5.11 Å². The standard InChI is InChI=1S/C11H20N2O2/c1-10(3-6-12)13(2)9-11(14)4-7-15-8-5-11/h10,14H,3-5,7-9H2,1-2H3. The molecule has 15 heavy (non-hydrogen) atoms. The maximum Gasteiger partial charge on any atom is 0.0817 e. The molecule has 1 rings (SSSR count). The zero-order valence-electron chi connectivity index (χ0n) is 9.57. The van der Waals surface area contributed by atoms with Crippen LogP contribution in [-0.2, 0) is 4.74 Å². The summed E-state index contributed by atoms with van der Waals surface area (Å²) in [7, 11) is 1.95. The Morgan fingerprint density at radius 3 is 2.67 bits per heavy atom. The molecule has 1 aliphatic rings. The fraction of sp³-hybridized carbons (Fsp3) is 0.909. The third-order valence-electron chi connectivity index (χ3n) is 3.11. The van der Waals surface area contributed by atoms with Crippen LogP contribution in [0.25, 0.3) is 0 Å². The van der Waals surface area contributed by atoms with E-state index in [0.29, 0.717) is 39.0 Å². The van der Waals surface area contributed by atoms with Gasteiger partial charge in [-0.1, -0.05) is 0 Å². The molecule has 0 aliphatic carbocycles. The van der Waals surface area contributed by atoms with Crippen LogP contribution in [0, 0.1) is 11.3 Å². The minimum atomic E-state index is -0.628. The van der Waals surface area contributed by atoms with Crippen LogP contribution in [0.15, 0.2) is 0 Å². The van der Waals surface area contributed by atoms with Gasteiger partial charge in [-0.15, -0.1) is 0 Å². The van der Waals surface area contributed by atoms with Gasteiger partial charge in [-0.25, -0.2) is 0 Å². The Kier molecular flexibility index (Phi) is 4.52. The van der Waals surface area contributed by atoms with Gasteiger partial charge >= 0.3 is 0 Å². The highest BCUT2D eigenvalue weighted by atomic mass is 16.5. The maximum atomic E-state index is 10.3. The summed E-state index contributed by atoms with van der Waals surface area (Å²) in [6, 6.07) is 2.35. The van der Waals surface area contributed by atoms with E-state index in [-0.39, 0.29) is 6.04 Å². The smallest absolute Gasteiger partial charge is 0.0817 e. The Balaban J connectivity index is 2.42. The number of ether oxygens (including phenoxy) is 1. The number of likely N-dealkylation sites (N-methyl/N-ethyl adjacent to an activating group) is 1. The van der Waals surface area contributed by atoms with E-state index in [4.69, 9.17) is 10.00 Å². The van der Waals surface area contributed by atoms with Gasteiger partial charge in [0.2, 0.25) is 0 Å². The predicted molar refractivity (Wildman–Crippen MR) is 57.3 cm³/mol. The van der Waals surface area contributed by atoms with Crippen molar-refractivity contribution in [3.63, 3.8) is 0 Å². The summed E-state index contributed by atoms with van der Waals surface area (Å²) in [5.74, 6) is 0. The van der Waals surface area contributed by atoms with E-state index >= 15 is 0 Å². The molecule has 0 saturated carbocycles. The van der Waals surface area contributed by atoms with Gasteiger partial charge in [0.25, 0.3) is 0 Å². The Morgan fingerprint density at radius 1 is 1.53 bits per heavy atom. The van der Waals surface area contributed by atoms with Crippen LogP contribution in [-0.4, -0.2) is 48.5 Å². The van der Waals surface area contributed by atoms with Crippen molar-refractivity contribution in [3.05, 3.63) is 0 Å². The van der Waals surface area contributed by atoms with Crippen molar-refractivity contribution in [1.29, 1.82) is 5.26 Å². The second-order valence-electron chi connectivity index (χ2n) is 4.46. The van der Waals surface area contributed by atoms with E-state index in [0.717, 1.165) is 0 Å². The summed E-state index contributed by atoms with van der Waals surface area (Å²) in [5.41, 5.74) is -0.628. The lowest BCUT2D eigenvalue weighted by Gasteiger charge is -2.37. The molecule has 1 saturated heterocycles. The molecule has 1 atom stereocenters. The topological polar surface area (TPSA) is 56.5 Å². The predicted octanol–water partition coefficient (Wildman–Crippen LogP) is 0.762. The molecule has 0 aromatic heterocycles. The van der Waals surface area contributed by atoms with Gasteiger partial charge in [0, 0.05) is 38.6 Å². The summed E-state index contributed by atoms with van der Waals surface area (Å²) in [5, 5.41) is 18.9. The normalized spacial score (nSPS) is 22.3. The molecule has 0 aromatic carbocycles. The molecule has 0 spiro atoms. The molecule has 4 heteroatoms. The Hall–Kier alpha value is -0.630. The van der Waals surface area contributed by atoms with Crippen molar-refractivity contribution in [2.75, 3.05) is 26.8 Å². The Bertz CT molecular complexity index is 231. The molecule has 1 unspecified atom stereocenters. The Morgan fingerprint density at radius 2 is 2.13 bits per heavy atom. The summed E-state index contributed by atoms with van der Waals surface area (Å²) < 4.78 is 5.22. The maximum absolute atomic E-state index is 10.3. The molecule has 1 heterocycles. The minimum Gasteiger partial charge on any atom is -0.388 e. The quantitative estimate of drug-likeness (QED) is 0.747. The SMILES string of the molecule is CC(CC#N)N(C)CC1(O)CCOCC1. The van der Waals surface area contributed by atoms with Crippen molar-refractivity contribution in [2.45, 2.75) is 37.8 Å². The highest BCUT2D eigenvalue weighted by Gasteiger charge is 2.31. The zero-order chi connectivity index (χ0) is 11.3. The summed E-state index contributed by atoms with van der Waals surface area (Å²) in [6.07, 6.45) is 1.89. The third kappa shape index (κ3) is 3.78. The zero-order valence-corrected chi connectivity index (χ0v) is 9.57. The summed E-state index contributed by atoms with van der Waals surface area (Å²) in [6.45, 7) is 3.90. The van der Waals surface area contributed by atoms with Crippen molar-refractivity contribution in [3.8, 4) is 6.07 Å². The average molecular weight is 212 g/mol. The van der Waals surface area contributed by atoms with Crippen LogP contribution in [0.3, 0.4) is 0 Å². The lowest BCUT2D eigenvalue weighted by molar-refractivity contribution is -0.0804. The van der Waals surface area contributed by atoms with Crippen LogP contribution in [0.1, 0.15) is 26.2 Å². The van der Waals surface area contributed by atoms with Gasteiger partial charge in [-0.05, 0) is 14.0 Å². The monoisotopic (exact) mass is 212 g/mol. The van der Waals surface area contributed by atoms with E-state index in [2.05, 4.69) is 11.0 Å². The van der Waals surface area contributed by atoms with Crippen LogP contribution in [0.5, 0.6) is 0 Å². The van der Waals surface area contributed by atoms with Crippen molar-refractivity contribution < 1.29 is 9.84 Å². The lowest BCUT2D eigenvalue weighted by Crippen LogP contribution is -2.47. The molecule has 0 aromatic rings. The van der Waals surface area contributed by atoms with E-state index in [1.54, 1.807) is 0 Å². The number of hydrogen-bond donors (Lipinski definition) is 1. The third-order valence-corrected chi connectivity index (χ3v) is 3.11. The first kappa shape index (κ1) is 12.4. The van der Waals surface area contributed by atoms with Gasteiger partial charge in [0.05, 0.1) is 18.1 Å². The van der Waals surface area contributed by atoms with E-state index in [1.807, 2.05) is 14.0 Å². The second kappa shape index (κ2) is 5.45. The highest BCUT2D eigenvalue weighted by molar-refractivity contribution is 4.87. The van der Waals surface area contributed by atoms with Gasteiger partial charge in [-0.3, -0.25) is 4.90 Å². The highest BCUT2D eigenvalue weighted by Crippen LogP contribution is 2.22. The van der Waals surface area contributed by atoms with Gasteiger partial charge < -0.3 is 9.84 Å².